The number of amides is 1. The van der Waals surface area contributed by atoms with E-state index in [-0.39, 0.29) is 5.91 Å². The lowest BCUT2D eigenvalue weighted by atomic mass is 10.2. The number of carbonyl (C=O) groups is 1. The maximum atomic E-state index is 11.2. The fraction of sp³-hybridized carbons (Fsp3) is 0.300. The van der Waals surface area contributed by atoms with Gasteiger partial charge in [-0.25, -0.2) is 0 Å². The van der Waals surface area contributed by atoms with E-state index in [1.54, 1.807) is 6.92 Å². The van der Waals surface area contributed by atoms with E-state index in [4.69, 9.17) is 0 Å². The molecule has 0 spiro atoms. The highest BCUT2D eigenvalue weighted by molar-refractivity contribution is 7.80. The monoisotopic (exact) mass is 193 g/mol. The highest BCUT2D eigenvalue weighted by Crippen LogP contribution is 2.29. The normalized spacial score (nSPS) is 14.5. The first-order valence-electron chi connectivity index (χ1n) is 4.28. The highest BCUT2D eigenvalue weighted by Gasteiger charge is 2.21. The topological polar surface area (TPSA) is 20.3 Å². The molecule has 0 saturated carbocycles. The highest BCUT2D eigenvalue weighted by atomic mass is 32.1. The van der Waals surface area contributed by atoms with Crippen LogP contribution in [-0.2, 0) is 11.2 Å². The molecule has 0 bridgehead atoms. The fourth-order valence-electron chi connectivity index (χ4n) is 1.72. The molecule has 1 aromatic rings. The van der Waals surface area contributed by atoms with E-state index in [1.807, 2.05) is 23.1 Å². The Morgan fingerprint density at radius 3 is 3.00 bits per heavy atom. The first-order valence-corrected chi connectivity index (χ1v) is 4.73. The Bertz CT molecular complexity index is 362. The van der Waals surface area contributed by atoms with Crippen molar-refractivity contribution < 1.29 is 4.79 Å². The van der Waals surface area contributed by atoms with Crippen molar-refractivity contribution in [2.24, 2.45) is 0 Å². The summed E-state index contributed by atoms with van der Waals surface area (Å²) in [6.45, 7) is 2.41. The lowest BCUT2D eigenvalue weighted by Gasteiger charge is -2.14. The maximum Gasteiger partial charge on any atom is 0.223 e. The van der Waals surface area contributed by atoms with Crippen LogP contribution in [0.3, 0.4) is 0 Å². The van der Waals surface area contributed by atoms with Crippen LogP contribution < -0.4 is 4.90 Å². The third-order valence-corrected chi connectivity index (χ3v) is 2.62. The number of rotatable bonds is 0. The summed E-state index contributed by atoms with van der Waals surface area (Å²) < 4.78 is 0. The number of anilines is 1. The Kier molecular flexibility index (Phi) is 2.04. The molecule has 1 heterocycles. The summed E-state index contributed by atoms with van der Waals surface area (Å²) in [6, 6.07) is 5.91. The van der Waals surface area contributed by atoms with Crippen molar-refractivity contribution in [3.63, 3.8) is 0 Å². The largest absolute Gasteiger partial charge is 0.312 e. The second-order valence-electron chi connectivity index (χ2n) is 3.23. The van der Waals surface area contributed by atoms with E-state index in [2.05, 4.69) is 12.6 Å². The fourth-order valence-corrected chi connectivity index (χ4v) is 1.95. The molecule has 3 heteroatoms. The lowest BCUT2D eigenvalue weighted by molar-refractivity contribution is -0.116. The van der Waals surface area contributed by atoms with Crippen molar-refractivity contribution in [3.05, 3.63) is 23.8 Å². The van der Waals surface area contributed by atoms with Gasteiger partial charge in [-0.1, -0.05) is 0 Å². The zero-order chi connectivity index (χ0) is 9.42. The van der Waals surface area contributed by atoms with Crippen molar-refractivity contribution >= 4 is 24.2 Å². The molecule has 13 heavy (non-hydrogen) atoms. The van der Waals surface area contributed by atoms with Gasteiger partial charge in [0.25, 0.3) is 0 Å². The average Bonchev–Trinajstić information content (AvgIpc) is 2.46. The summed E-state index contributed by atoms with van der Waals surface area (Å²) in [5, 5.41) is 0. The number of hydrogen-bond acceptors (Lipinski definition) is 2. The molecule has 0 unspecified atom stereocenters. The van der Waals surface area contributed by atoms with Gasteiger partial charge < -0.3 is 4.90 Å². The lowest BCUT2D eigenvalue weighted by Crippen LogP contribution is -2.25. The molecular formula is C10H11NOS. The first-order chi connectivity index (χ1) is 6.18. The zero-order valence-corrected chi connectivity index (χ0v) is 8.34. The molecule has 1 aliphatic rings. The van der Waals surface area contributed by atoms with E-state index in [0.717, 1.165) is 23.5 Å². The quantitative estimate of drug-likeness (QED) is 0.624. The minimum atomic E-state index is 0.116. The van der Waals surface area contributed by atoms with Crippen LogP contribution in [0.15, 0.2) is 23.1 Å². The summed E-state index contributed by atoms with van der Waals surface area (Å²) in [5.41, 5.74) is 2.27. The van der Waals surface area contributed by atoms with Crippen molar-refractivity contribution in [2.45, 2.75) is 18.2 Å². The molecule has 0 aliphatic carbocycles. The van der Waals surface area contributed by atoms with Crippen LogP contribution >= 0.6 is 12.6 Å². The Labute approximate surface area is 83.0 Å². The van der Waals surface area contributed by atoms with E-state index in [1.165, 1.54) is 5.56 Å². The summed E-state index contributed by atoms with van der Waals surface area (Å²) in [7, 11) is 0. The number of hydrogen-bond donors (Lipinski definition) is 1. The molecule has 2 nitrogen and oxygen atoms in total. The van der Waals surface area contributed by atoms with Crippen LogP contribution in [0, 0.1) is 0 Å². The number of benzene rings is 1. The smallest absolute Gasteiger partial charge is 0.223 e. The molecule has 2 rings (SSSR count). The predicted molar refractivity (Wildman–Crippen MR) is 55.4 cm³/mol. The van der Waals surface area contributed by atoms with Gasteiger partial charge in [0.15, 0.2) is 0 Å². The SMILES string of the molecule is CC(=O)N1CCc2cc(S)ccc21. The molecule has 0 atom stereocenters. The van der Waals surface area contributed by atoms with Crippen molar-refractivity contribution in [1.82, 2.24) is 0 Å². The summed E-state index contributed by atoms with van der Waals surface area (Å²) in [6.07, 6.45) is 0.948. The molecule has 68 valence electrons. The second kappa shape index (κ2) is 3.07. The molecule has 1 amide bonds. The zero-order valence-electron chi connectivity index (χ0n) is 7.45. The van der Waals surface area contributed by atoms with Crippen LogP contribution in [0.25, 0.3) is 0 Å². The van der Waals surface area contributed by atoms with E-state index in [9.17, 15) is 4.79 Å². The standard InChI is InChI=1S/C10H11NOS/c1-7(12)11-5-4-8-6-9(13)2-3-10(8)11/h2-3,6,13H,4-5H2,1H3. The minimum Gasteiger partial charge on any atom is -0.312 e. The van der Waals surface area contributed by atoms with Gasteiger partial charge in [0.05, 0.1) is 0 Å². The predicted octanol–water partition coefficient (Wildman–Crippen LogP) is 1.88. The van der Waals surface area contributed by atoms with Crippen molar-refractivity contribution in [2.75, 3.05) is 11.4 Å². The van der Waals surface area contributed by atoms with Gasteiger partial charge in [-0.15, -0.1) is 12.6 Å². The molecular weight excluding hydrogens is 182 g/mol. The Hall–Kier alpha value is -0.960. The van der Waals surface area contributed by atoms with Crippen molar-refractivity contribution in [1.29, 1.82) is 0 Å². The Balaban J connectivity index is 2.44. The van der Waals surface area contributed by atoms with Gasteiger partial charge >= 0.3 is 0 Å². The summed E-state index contributed by atoms with van der Waals surface area (Å²) in [5.74, 6) is 0.116. The molecule has 1 aliphatic heterocycles. The Morgan fingerprint density at radius 1 is 1.54 bits per heavy atom. The summed E-state index contributed by atoms with van der Waals surface area (Å²) >= 11 is 4.26. The third kappa shape index (κ3) is 1.44. The van der Waals surface area contributed by atoms with Gasteiger partial charge in [0.1, 0.15) is 0 Å². The van der Waals surface area contributed by atoms with Crippen LogP contribution in [0.1, 0.15) is 12.5 Å². The Morgan fingerprint density at radius 2 is 2.31 bits per heavy atom. The number of thiol groups is 1. The first kappa shape index (κ1) is 8.63. The third-order valence-electron chi connectivity index (χ3n) is 2.34. The van der Waals surface area contributed by atoms with Gasteiger partial charge in [-0.3, -0.25) is 4.79 Å². The van der Waals surface area contributed by atoms with E-state index >= 15 is 0 Å². The van der Waals surface area contributed by atoms with Crippen LogP contribution in [0.2, 0.25) is 0 Å². The molecule has 0 N–H and O–H groups in total. The van der Waals surface area contributed by atoms with Gasteiger partial charge in [-0.2, -0.15) is 0 Å². The van der Waals surface area contributed by atoms with Crippen LogP contribution in [-0.4, -0.2) is 12.5 Å². The van der Waals surface area contributed by atoms with Crippen molar-refractivity contribution in [3.8, 4) is 0 Å². The van der Waals surface area contributed by atoms with Gasteiger partial charge in [0, 0.05) is 24.1 Å². The van der Waals surface area contributed by atoms with E-state index < -0.39 is 0 Å². The molecule has 0 radical (unpaired) electrons. The minimum absolute atomic E-state index is 0.116. The molecule has 0 fully saturated rings. The molecule has 1 aromatic carbocycles. The van der Waals surface area contributed by atoms with Crippen LogP contribution in [0.4, 0.5) is 5.69 Å². The number of fused-ring (bicyclic) bond motifs is 1. The van der Waals surface area contributed by atoms with Crippen LogP contribution in [0.5, 0.6) is 0 Å². The summed E-state index contributed by atoms with van der Waals surface area (Å²) in [4.78, 5) is 14.0. The maximum absolute atomic E-state index is 11.2. The molecule has 0 aromatic heterocycles. The molecule has 0 saturated heterocycles. The number of nitrogens with zero attached hydrogens (tertiary/aromatic N) is 1. The number of carbonyl (C=O) groups excluding carboxylic acids is 1. The van der Waals surface area contributed by atoms with Gasteiger partial charge in [-0.05, 0) is 30.2 Å². The average molecular weight is 193 g/mol. The van der Waals surface area contributed by atoms with Gasteiger partial charge in [0.2, 0.25) is 5.91 Å². The van der Waals surface area contributed by atoms with E-state index in [0.29, 0.717) is 0 Å². The second-order valence-corrected chi connectivity index (χ2v) is 3.75.